The second-order valence-electron chi connectivity index (χ2n) is 2.52. The minimum atomic E-state index is -1.43. The molecule has 0 aliphatic carbocycles. The SMILES string of the molecule is CO.O=C([O-])C(O)Cc1ccccc1. The summed E-state index contributed by atoms with van der Waals surface area (Å²) in [6.45, 7) is 0. The van der Waals surface area contributed by atoms with Gasteiger partial charge in [-0.3, -0.25) is 0 Å². The standard InChI is InChI=1S/C9H10O3.CH4O/c10-8(9(11)12)6-7-4-2-1-3-5-7;1-2/h1-5,8,10H,6H2,(H,11,12);2H,1H3/p-1. The lowest BCUT2D eigenvalue weighted by atomic mass is 10.1. The normalized spacial score (nSPS) is 11.1. The molecule has 4 heteroatoms. The quantitative estimate of drug-likeness (QED) is 0.647. The minimum Gasteiger partial charge on any atom is -0.547 e. The minimum absolute atomic E-state index is 0.100. The van der Waals surface area contributed by atoms with Crippen molar-refractivity contribution in [2.24, 2.45) is 0 Å². The molecule has 1 aromatic rings. The first-order valence-corrected chi connectivity index (χ1v) is 4.07. The van der Waals surface area contributed by atoms with E-state index < -0.39 is 12.1 Å². The molecule has 0 radical (unpaired) electrons. The molecule has 1 unspecified atom stereocenters. The van der Waals surface area contributed by atoms with Crippen molar-refractivity contribution in [3.8, 4) is 0 Å². The predicted octanol–water partition coefficient (Wildman–Crippen LogP) is -1.05. The van der Waals surface area contributed by atoms with Gasteiger partial charge in [0.05, 0.1) is 12.1 Å². The van der Waals surface area contributed by atoms with Gasteiger partial charge in [-0.25, -0.2) is 0 Å². The zero-order valence-corrected chi connectivity index (χ0v) is 7.88. The number of hydrogen-bond acceptors (Lipinski definition) is 4. The predicted molar refractivity (Wildman–Crippen MR) is 49.3 cm³/mol. The molecular formula is C10H13O4-. The van der Waals surface area contributed by atoms with Crippen LogP contribution in [0.3, 0.4) is 0 Å². The maximum absolute atomic E-state index is 10.1. The van der Waals surface area contributed by atoms with Gasteiger partial charge in [0, 0.05) is 13.5 Å². The van der Waals surface area contributed by atoms with Crippen LogP contribution in [-0.2, 0) is 11.2 Å². The van der Waals surface area contributed by atoms with Gasteiger partial charge in [0.15, 0.2) is 0 Å². The Morgan fingerprint density at radius 2 is 1.86 bits per heavy atom. The molecule has 0 saturated heterocycles. The van der Waals surface area contributed by atoms with Crippen molar-refractivity contribution < 1.29 is 20.1 Å². The Kier molecular flexibility index (Phi) is 6.36. The van der Waals surface area contributed by atoms with Crippen LogP contribution in [0.5, 0.6) is 0 Å². The van der Waals surface area contributed by atoms with Gasteiger partial charge in [0.2, 0.25) is 0 Å². The monoisotopic (exact) mass is 197 g/mol. The van der Waals surface area contributed by atoms with Gasteiger partial charge >= 0.3 is 0 Å². The molecule has 0 aromatic heterocycles. The van der Waals surface area contributed by atoms with E-state index in [9.17, 15) is 9.90 Å². The zero-order valence-electron chi connectivity index (χ0n) is 7.88. The van der Waals surface area contributed by atoms with Crippen molar-refractivity contribution in [2.75, 3.05) is 7.11 Å². The maximum Gasteiger partial charge on any atom is 0.0973 e. The lowest BCUT2D eigenvalue weighted by Crippen LogP contribution is -2.36. The molecule has 4 nitrogen and oxygen atoms in total. The average Bonchev–Trinajstić information content (AvgIpc) is 2.22. The Labute approximate surface area is 82.4 Å². The first-order chi connectivity index (χ1) is 6.70. The van der Waals surface area contributed by atoms with Crippen molar-refractivity contribution in [1.82, 2.24) is 0 Å². The van der Waals surface area contributed by atoms with Crippen LogP contribution in [-0.4, -0.2) is 29.4 Å². The number of hydrogen-bond donors (Lipinski definition) is 2. The molecule has 1 rings (SSSR count). The third-order valence-corrected chi connectivity index (χ3v) is 1.54. The van der Waals surface area contributed by atoms with Gasteiger partial charge in [-0.05, 0) is 5.56 Å². The first-order valence-electron chi connectivity index (χ1n) is 4.07. The molecule has 2 N–H and O–H groups in total. The fourth-order valence-corrected chi connectivity index (χ4v) is 0.921. The van der Waals surface area contributed by atoms with E-state index in [2.05, 4.69) is 0 Å². The zero-order chi connectivity index (χ0) is 11.0. The highest BCUT2D eigenvalue weighted by Crippen LogP contribution is 2.01. The van der Waals surface area contributed by atoms with Crippen LogP contribution in [0, 0.1) is 0 Å². The Hall–Kier alpha value is -1.39. The fraction of sp³-hybridized carbons (Fsp3) is 0.300. The third-order valence-electron chi connectivity index (χ3n) is 1.54. The van der Waals surface area contributed by atoms with Gasteiger partial charge in [0.1, 0.15) is 0 Å². The number of aliphatic hydroxyl groups excluding tert-OH is 2. The van der Waals surface area contributed by atoms with E-state index in [4.69, 9.17) is 10.2 Å². The molecule has 14 heavy (non-hydrogen) atoms. The Morgan fingerprint density at radius 3 is 2.29 bits per heavy atom. The summed E-state index contributed by atoms with van der Waals surface area (Å²) < 4.78 is 0. The Balaban J connectivity index is 0.000000791. The number of carboxylic acids is 1. The van der Waals surface area contributed by atoms with Gasteiger partial charge in [-0.2, -0.15) is 0 Å². The van der Waals surface area contributed by atoms with Crippen molar-refractivity contribution in [1.29, 1.82) is 0 Å². The number of rotatable bonds is 3. The molecule has 0 aliphatic heterocycles. The van der Waals surface area contributed by atoms with Crippen LogP contribution >= 0.6 is 0 Å². The molecule has 1 atom stereocenters. The van der Waals surface area contributed by atoms with Gasteiger partial charge in [-0.1, -0.05) is 30.3 Å². The van der Waals surface area contributed by atoms with E-state index in [0.717, 1.165) is 12.7 Å². The summed E-state index contributed by atoms with van der Waals surface area (Å²) in [5.41, 5.74) is 0.786. The van der Waals surface area contributed by atoms with Crippen LogP contribution in [0.1, 0.15) is 5.56 Å². The van der Waals surface area contributed by atoms with Gasteiger partial charge in [-0.15, -0.1) is 0 Å². The number of carboxylic acid groups (broad SMARTS) is 1. The Morgan fingerprint density at radius 1 is 1.36 bits per heavy atom. The van der Waals surface area contributed by atoms with Crippen molar-refractivity contribution in [2.45, 2.75) is 12.5 Å². The van der Waals surface area contributed by atoms with E-state index in [-0.39, 0.29) is 6.42 Å². The Bertz CT molecular complexity index is 258. The van der Waals surface area contributed by atoms with Crippen LogP contribution < -0.4 is 5.11 Å². The van der Waals surface area contributed by atoms with Crippen molar-refractivity contribution in [3.63, 3.8) is 0 Å². The summed E-state index contributed by atoms with van der Waals surface area (Å²) in [6.07, 6.45) is -1.31. The second kappa shape index (κ2) is 7.06. The number of aliphatic carboxylic acids is 1. The summed E-state index contributed by atoms with van der Waals surface area (Å²) in [7, 11) is 1.00. The smallest absolute Gasteiger partial charge is 0.0973 e. The summed E-state index contributed by atoms with van der Waals surface area (Å²) in [4.78, 5) is 10.1. The van der Waals surface area contributed by atoms with Crippen LogP contribution in [0.25, 0.3) is 0 Å². The largest absolute Gasteiger partial charge is 0.547 e. The molecule has 1 aromatic carbocycles. The van der Waals surface area contributed by atoms with Gasteiger partial charge < -0.3 is 20.1 Å². The highest BCUT2D eigenvalue weighted by Gasteiger charge is 2.04. The van der Waals surface area contributed by atoms with E-state index in [1.165, 1.54) is 0 Å². The second-order valence-corrected chi connectivity index (χ2v) is 2.52. The summed E-state index contributed by atoms with van der Waals surface area (Å²) in [5.74, 6) is -1.43. The highest BCUT2D eigenvalue weighted by atomic mass is 16.4. The van der Waals surface area contributed by atoms with E-state index >= 15 is 0 Å². The molecule has 78 valence electrons. The molecule has 0 bridgehead atoms. The summed E-state index contributed by atoms with van der Waals surface area (Å²) in [5, 5.41) is 26.1. The van der Waals surface area contributed by atoms with Crippen LogP contribution in [0.4, 0.5) is 0 Å². The molecule has 0 saturated carbocycles. The number of benzene rings is 1. The lowest BCUT2D eigenvalue weighted by molar-refractivity contribution is -0.314. The van der Waals surface area contributed by atoms with Crippen LogP contribution in [0.15, 0.2) is 30.3 Å². The van der Waals surface area contributed by atoms with Crippen molar-refractivity contribution in [3.05, 3.63) is 35.9 Å². The number of aliphatic hydroxyl groups is 2. The molecule has 0 fully saturated rings. The molecule has 0 heterocycles. The highest BCUT2D eigenvalue weighted by molar-refractivity contribution is 5.70. The van der Waals surface area contributed by atoms with Crippen molar-refractivity contribution >= 4 is 5.97 Å². The summed E-state index contributed by atoms with van der Waals surface area (Å²) >= 11 is 0. The van der Waals surface area contributed by atoms with Crippen LogP contribution in [0.2, 0.25) is 0 Å². The van der Waals surface area contributed by atoms with E-state index in [1.807, 2.05) is 6.07 Å². The number of carbonyl (C=O) groups excluding carboxylic acids is 1. The molecule has 0 amide bonds. The molecular weight excluding hydrogens is 184 g/mol. The molecule has 0 spiro atoms. The third kappa shape index (κ3) is 4.59. The van der Waals surface area contributed by atoms with Gasteiger partial charge in [0.25, 0.3) is 0 Å². The summed E-state index contributed by atoms with van der Waals surface area (Å²) in [6, 6.07) is 8.92. The topological polar surface area (TPSA) is 80.6 Å². The van der Waals surface area contributed by atoms with E-state index in [0.29, 0.717) is 0 Å². The first kappa shape index (κ1) is 12.6. The number of carbonyl (C=O) groups is 1. The fourth-order valence-electron chi connectivity index (χ4n) is 0.921. The average molecular weight is 197 g/mol. The lowest BCUT2D eigenvalue weighted by Gasteiger charge is -2.10. The molecule has 0 aliphatic rings. The maximum atomic E-state index is 10.1. The van der Waals surface area contributed by atoms with E-state index in [1.54, 1.807) is 24.3 Å².